The van der Waals surface area contributed by atoms with E-state index in [1.54, 1.807) is 0 Å². The van der Waals surface area contributed by atoms with Crippen molar-refractivity contribution >= 4 is 76.3 Å². The highest BCUT2D eigenvalue weighted by Gasteiger charge is 2.19. The Morgan fingerprint density at radius 2 is 0.878 bits per heavy atom. The second-order valence-electron chi connectivity index (χ2n) is 12.9. The summed E-state index contributed by atoms with van der Waals surface area (Å²) in [5.41, 5.74) is 11.2. The number of nitrogens with zero attached hydrogens (tertiary/aromatic N) is 2. The van der Waals surface area contributed by atoms with Gasteiger partial charge in [0, 0.05) is 37.7 Å². The second-order valence-corrected chi connectivity index (χ2v) is 12.9. The normalized spacial score (nSPS) is 12.1. The van der Waals surface area contributed by atoms with Gasteiger partial charge in [-0.1, -0.05) is 121 Å². The summed E-state index contributed by atoms with van der Waals surface area (Å²) < 4.78 is 11.3. The highest BCUT2D eigenvalue weighted by molar-refractivity contribution is 6.14. The van der Waals surface area contributed by atoms with Crippen LogP contribution in [-0.2, 0) is 0 Å². The maximum atomic E-state index is 6.52. The summed E-state index contributed by atoms with van der Waals surface area (Å²) in [5, 5.41) is 9.70. The van der Waals surface area contributed by atoms with Gasteiger partial charge in [0.05, 0.1) is 33.4 Å². The molecule has 0 saturated heterocycles. The van der Waals surface area contributed by atoms with Crippen LogP contribution >= 0.6 is 0 Å². The molecule has 0 aliphatic carbocycles. The quantitative estimate of drug-likeness (QED) is 0.192. The molecule has 3 heteroatoms. The summed E-state index contributed by atoms with van der Waals surface area (Å²) in [7, 11) is 0. The van der Waals surface area contributed by atoms with E-state index in [1.165, 1.54) is 60.2 Å². The molecule has 0 fully saturated rings. The molecule has 8 aromatic carbocycles. The minimum atomic E-state index is 0.905. The molecule has 0 radical (unpaired) electrons. The molecule has 0 bridgehead atoms. The fraction of sp³-hybridized carbons (Fsp3) is 0. The number of aromatic nitrogens is 2. The van der Waals surface area contributed by atoms with Gasteiger partial charge in [-0.25, -0.2) is 0 Å². The lowest BCUT2D eigenvalue weighted by molar-refractivity contribution is 0.666. The summed E-state index contributed by atoms with van der Waals surface area (Å²) in [5.74, 6) is 0. The van der Waals surface area contributed by atoms with Crippen LogP contribution in [0.5, 0.6) is 0 Å². The summed E-state index contributed by atoms with van der Waals surface area (Å²) >= 11 is 0. The van der Waals surface area contributed by atoms with E-state index in [4.69, 9.17) is 4.42 Å². The Labute approximate surface area is 281 Å². The van der Waals surface area contributed by atoms with Gasteiger partial charge in [-0.2, -0.15) is 0 Å². The molecule has 3 aromatic heterocycles. The van der Waals surface area contributed by atoms with Crippen molar-refractivity contribution in [2.45, 2.75) is 0 Å². The average Bonchev–Trinajstić information content (AvgIpc) is 3.82. The van der Waals surface area contributed by atoms with Crippen molar-refractivity contribution in [3.63, 3.8) is 0 Å². The molecule has 0 N–H and O–H groups in total. The topological polar surface area (TPSA) is 23.0 Å². The third-order valence-electron chi connectivity index (χ3n) is 10.3. The molecular formula is C46H28N2O. The summed E-state index contributed by atoms with van der Waals surface area (Å²) in [6.07, 6.45) is 0. The van der Waals surface area contributed by atoms with Gasteiger partial charge < -0.3 is 13.6 Å². The third kappa shape index (κ3) is 3.73. The molecule has 0 amide bonds. The monoisotopic (exact) mass is 624 g/mol. The van der Waals surface area contributed by atoms with Crippen LogP contribution < -0.4 is 0 Å². The number of furan rings is 1. The van der Waals surface area contributed by atoms with Crippen LogP contribution in [-0.4, -0.2) is 9.13 Å². The first-order chi connectivity index (χ1) is 24.3. The van der Waals surface area contributed by atoms with Crippen LogP contribution in [0.1, 0.15) is 0 Å². The number of hydrogen-bond acceptors (Lipinski definition) is 1. The van der Waals surface area contributed by atoms with Gasteiger partial charge in [0.1, 0.15) is 5.58 Å². The number of hydrogen-bond donors (Lipinski definition) is 0. The maximum Gasteiger partial charge on any atom is 0.159 e. The minimum absolute atomic E-state index is 0.905. The molecule has 3 heterocycles. The first-order valence-corrected chi connectivity index (χ1v) is 16.8. The van der Waals surface area contributed by atoms with E-state index in [-0.39, 0.29) is 0 Å². The SMILES string of the molecule is c1ccc2c(-n3c4ccccc4c4ccc(-c5ccc6c(c5)c5ccccc5n6-c5cccc6c5oc5ccccc56)cc43)cccc2c1. The lowest BCUT2D eigenvalue weighted by atomic mass is 10.0. The summed E-state index contributed by atoms with van der Waals surface area (Å²) in [4.78, 5) is 0. The number of benzene rings is 8. The largest absolute Gasteiger partial charge is 0.454 e. The molecule has 228 valence electrons. The maximum absolute atomic E-state index is 6.52. The van der Waals surface area contributed by atoms with Gasteiger partial charge in [0.15, 0.2) is 5.58 Å². The predicted octanol–water partition coefficient (Wildman–Crippen LogP) is 12.6. The highest BCUT2D eigenvalue weighted by atomic mass is 16.3. The van der Waals surface area contributed by atoms with Gasteiger partial charge in [-0.15, -0.1) is 0 Å². The van der Waals surface area contributed by atoms with Crippen molar-refractivity contribution in [2.75, 3.05) is 0 Å². The number of rotatable bonds is 3. The van der Waals surface area contributed by atoms with Crippen LogP contribution in [0.2, 0.25) is 0 Å². The number of fused-ring (bicyclic) bond motifs is 10. The Hall–Kier alpha value is -6.58. The first kappa shape index (κ1) is 26.5. The Morgan fingerprint density at radius 3 is 1.73 bits per heavy atom. The van der Waals surface area contributed by atoms with E-state index in [2.05, 4.69) is 167 Å². The van der Waals surface area contributed by atoms with Crippen LogP contribution in [0.25, 0.3) is 98.8 Å². The van der Waals surface area contributed by atoms with Gasteiger partial charge in [-0.05, 0) is 65.0 Å². The van der Waals surface area contributed by atoms with Gasteiger partial charge >= 0.3 is 0 Å². The van der Waals surface area contributed by atoms with Crippen molar-refractivity contribution in [3.05, 3.63) is 170 Å². The molecule has 0 aliphatic rings. The van der Waals surface area contributed by atoms with E-state index < -0.39 is 0 Å². The smallest absolute Gasteiger partial charge is 0.159 e. The van der Waals surface area contributed by atoms with E-state index in [0.717, 1.165) is 38.7 Å². The summed E-state index contributed by atoms with van der Waals surface area (Å²) in [6.45, 7) is 0. The summed E-state index contributed by atoms with van der Waals surface area (Å²) in [6, 6.07) is 61.3. The van der Waals surface area contributed by atoms with E-state index in [0.29, 0.717) is 0 Å². The highest BCUT2D eigenvalue weighted by Crippen LogP contribution is 2.41. The van der Waals surface area contributed by atoms with Gasteiger partial charge in [0.25, 0.3) is 0 Å². The molecule has 11 aromatic rings. The average molecular weight is 625 g/mol. The Bertz CT molecular complexity index is 3110. The van der Waals surface area contributed by atoms with Crippen LogP contribution in [0.3, 0.4) is 0 Å². The van der Waals surface area contributed by atoms with Crippen LogP contribution in [0.4, 0.5) is 0 Å². The fourth-order valence-electron chi connectivity index (χ4n) is 8.13. The van der Waals surface area contributed by atoms with E-state index in [1.807, 2.05) is 12.1 Å². The van der Waals surface area contributed by atoms with Crippen molar-refractivity contribution < 1.29 is 4.42 Å². The van der Waals surface area contributed by atoms with Crippen LogP contribution in [0.15, 0.2) is 174 Å². The standard InChI is InChI=1S/C46H28N2O/c1-2-13-32-29(11-1)12-9-20-39(32)48-40-18-6-3-14-33(40)35-25-23-31(28-44(35)48)30-24-26-42-38(27-30)34-15-4-7-19-41(34)47(42)43-21-10-17-37-36-16-5-8-22-45(36)49-46(37)43/h1-28H. The molecule has 49 heavy (non-hydrogen) atoms. The molecule has 0 unspecified atom stereocenters. The predicted molar refractivity (Wildman–Crippen MR) is 205 cm³/mol. The van der Waals surface area contributed by atoms with Crippen molar-refractivity contribution in [1.82, 2.24) is 9.13 Å². The van der Waals surface area contributed by atoms with Crippen molar-refractivity contribution in [3.8, 4) is 22.5 Å². The Kier molecular flexibility index (Phi) is 5.38. The molecule has 0 atom stereocenters. The minimum Gasteiger partial charge on any atom is -0.454 e. The van der Waals surface area contributed by atoms with Crippen molar-refractivity contribution in [2.24, 2.45) is 0 Å². The fourth-order valence-corrected chi connectivity index (χ4v) is 8.13. The zero-order valence-electron chi connectivity index (χ0n) is 26.5. The van der Waals surface area contributed by atoms with Crippen LogP contribution in [0, 0.1) is 0 Å². The molecular weight excluding hydrogens is 597 g/mol. The Morgan fingerprint density at radius 1 is 0.327 bits per heavy atom. The zero-order chi connectivity index (χ0) is 32.1. The zero-order valence-corrected chi connectivity index (χ0v) is 26.5. The lowest BCUT2D eigenvalue weighted by Crippen LogP contribution is -1.95. The number of para-hydroxylation sites is 4. The first-order valence-electron chi connectivity index (χ1n) is 16.8. The van der Waals surface area contributed by atoms with Crippen molar-refractivity contribution in [1.29, 1.82) is 0 Å². The van der Waals surface area contributed by atoms with E-state index >= 15 is 0 Å². The van der Waals surface area contributed by atoms with E-state index in [9.17, 15) is 0 Å². The molecule has 3 nitrogen and oxygen atoms in total. The van der Waals surface area contributed by atoms with Gasteiger partial charge in [-0.3, -0.25) is 0 Å². The molecule has 0 saturated carbocycles. The third-order valence-corrected chi connectivity index (χ3v) is 10.3. The molecule has 0 spiro atoms. The molecule has 11 rings (SSSR count). The Balaban J connectivity index is 1.15. The molecule has 0 aliphatic heterocycles. The second kappa shape index (κ2) is 9.96. The lowest BCUT2D eigenvalue weighted by Gasteiger charge is -2.12. The van der Waals surface area contributed by atoms with Gasteiger partial charge in [0.2, 0.25) is 0 Å².